The summed E-state index contributed by atoms with van der Waals surface area (Å²) in [5, 5.41) is 21.2. The molecule has 4 heteroatoms. The SMILES string of the molecule is CC[C@@H](CO)NC(=O)[C@H](O)c1ccccc1. The van der Waals surface area contributed by atoms with E-state index in [1.54, 1.807) is 24.3 Å². The van der Waals surface area contributed by atoms with Crippen LogP contribution in [0, 0.1) is 0 Å². The Morgan fingerprint density at radius 3 is 2.50 bits per heavy atom. The molecule has 1 amide bonds. The van der Waals surface area contributed by atoms with Crippen molar-refractivity contribution >= 4 is 5.91 Å². The summed E-state index contributed by atoms with van der Waals surface area (Å²) in [6.07, 6.45) is -0.550. The van der Waals surface area contributed by atoms with Crippen LogP contribution in [0.5, 0.6) is 0 Å². The first-order valence-electron chi connectivity index (χ1n) is 5.33. The smallest absolute Gasteiger partial charge is 0.253 e. The molecular weight excluding hydrogens is 206 g/mol. The van der Waals surface area contributed by atoms with Crippen LogP contribution < -0.4 is 5.32 Å². The molecule has 1 rings (SSSR count). The minimum Gasteiger partial charge on any atom is -0.394 e. The average molecular weight is 223 g/mol. The number of carbonyl (C=O) groups is 1. The molecule has 88 valence electrons. The summed E-state index contributed by atoms with van der Waals surface area (Å²) in [7, 11) is 0. The van der Waals surface area contributed by atoms with Gasteiger partial charge in [-0.3, -0.25) is 4.79 Å². The number of hydrogen-bond donors (Lipinski definition) is 3. The molecule has 0 saturated heterocycles. The van der Waals surface area contributed by atoms with Crippen molar-refractivity contribution in [1.29, 1.82) is 0 Å². The van der Waals surface area contributed by atoms with E-state index in [0.717, 1.165) is 0 Å². The van der Waals surface area contributed by atoms with Crippen LogP contribution in [0.4, 0.5) is 0 Å². The van der Waals surface area contributed by atoms with Gasteiger partial charge in [0.25, 0.3) is 5.91 Å². The van der Waals surface area contributed by atoms with Gasteiger partial charge in [0.05, 0.1) is 12.6 Å². The van der Waals surface area contributed by atoms with Gasteiger partial charge in [-0.25, -0.2) is 0 Å². The van der Waals surface area contributed by atoms with E-state index >= 15 is 0 Å². The van der Waals surface area contributed by atoms with Crippen molar-refractivity contribution in [2.24, 2.45) is 0 Å². The fourth-order valence-electron chi connectivity index (χ4n) is 1.34. The van der Waals surface area contributed by atoms with Crippen LogP contribution in [0.2, 0.25) is 0 Å². The van der Waals surface area contributed by atoms with Crippen LogP contribution in [0.3, 0.4) is 0 Å². The lowest BCUT2D eigenvalue weighted by molar-refractivity contribution is -0.130. The van der Waals surface area contributed by atoms with E-state index < -0.39 is 12.0 Å². The summed E-state index contributed by atoms with van der Waals surface area (Å²) >= 11 is 0. The molecule has 0 fully saturated rings. The van der Waals surface area contributed by atoms with Crippen LogP contribution in [-0.2, 0) is 4.79 Å². The zero-order valence-corrected chi connectivity index (χ0v) is 9.26. The van der Waals surface area contributed by atoms with Gasteiger partial charge in [-0.15, -0.1) is 0 Å². The number of carbonyl (C=O) groups excluding carboxylic acids is 1. The Morgan fingerprint density at radius 2 is 2.00 bits per heavy atom. The number of amides is 1. The van der Waals surface area contributed by atoms with E-state index in [1.165, 1.54) is 0 Å². The quantitative estimate of drug-likeness (QED) is 0.685. The minimum atomic E-state index is -1.18. The second-order valence-corrected chi connectivity index (χ2v) is 3.61. The largest absolute Gasteiger partial charge is 0.394 e. The first-order valence-corrected chi connectivity index (χ1v) is 5.33. The predicted molar refractivity (Wildman–Crippen MR) is 60.7 cm³/mol. The molecule has 0 aliphatic rings. The summed E-state index contributed by atoms with van der Waals surface area (Å²) in [6.45, 7) is 1.74. The maximum atomic E-state index is 11.6. The number of aliphatic hydroxyl groups excluding tert-OH is 2. The van der Waals surface area contributed by atoms with Gasteiger partial charge in [-0.1, -0.05) is 37.3 Å². The Hall–Kier alpha value is -1.39. The molecule has 1 aromatic carbocycles. The number of benzene rings is 1. The molecular formula is C12H17NO3. The second-order valence-electron chi connectivity index (χ2n) is 3.61. The normalized spacial score (nSPS) is 14.2. The van der Waals surface area contributed by atoms with Crippen molar-refractivity contribution < 1.29 is 15.0 Å². The third-order valence-corrected chi connectivity index (χ3v) is 2.42. The third-order valence-electron chi connectivity index (χ3n) is 2.42. The van der Waals surface area contributed by atoms with Crippen LogP contribution in [0.15, 0.2) is 30.3 Å². The van der Waals surface area contributed by atoms with E-state index in [-0.39, 0.29) is 12.6 Å². The van der Waals surface area contributed by atoms with Crippen molar-refractivity contribution in [3.05, 3.63) is 35.9 Å². The highest BCUT2D eigenvalue weighted by Gasteiger charge is 2.19. The number of aliphatic hydroxyl groups is 2. The molecule has 0 heterocycles. The maximum absolute atomic E-state index is 11.6. The lowest BCUT2D eigenvalue weighted by Crippen LogP contribution is -2.39. The standard InChI is InChI=1S/C12H17NO3/c1-2-10(8-14)13-12(16)11(15)9-6-4-3-5-7-9/h3-7,10-11,14-15H,2,8H2,1H3,(H,13,16)/t10-,11+/m0/s1. The Labute approximate surface area is 94.9 Å². The summed E-state index contributed by atoms with van der Waals surface area (Å²) < 4.78 is 0. The fraction of sp³-hybridized carbons (Fsp3) is 0.417. The fourth-order valence-corrected chi connectivity index (χ4v) is 1.34. The minimum absolute atomic E-state index is 0.121. The van der Waals surface area contributed by atoms with Crippen LogP contribution in [0.1, 0.15) is 25.0 Å². The molecule has 0 unspecified atom stereocenters. The molecule has 2 atom stereocenters. The number of hydrogen-bond acceptors (Lipinski definition) is 3. The van der Waals surface area contributed by atoms with Crippen LogP contribution >= 0.6 is 0 Å². The summed E-state index contributed by atoms with van der Waals surface area (Å²) in [5.74, 6) is -0.480. The zero-order valence-electron chi connectivity index (χ0n) is 9.26. The highest BCUT2D eigenvalue weighted by atomic mass is 16.3. The molecule has 4 nitrogen and oxygen atoms in total. The Morgan fingerprint density at radius 1 is 1.38 bits per heavy atom. The van der Waals surface area contributed by atoms with Gasteiger partial charge in [0.1, 0.15) is 0 Å². The lowest BCUT2D eigenvalue weighted by atomic mass is 10.1. The molecule has 0 saturated carbocycles. The van der Waals surface area contributed by atoms with Crippen LogP contribution in [-0.4, -0.2) is 28.8 Å². The van der Waals surface area contributed by atoms with Crippen molar-refractivity contribution in [2.75, 3.05) is 6.61 Å². The summed E-state index contributed by atoms with van der Waals surface area (Å²) in [6, 6.07) is 8.40. The maximum Gasteiger partial charge on any atom is 0.253 e. The van der Waals surface area contributed by atoms with Gasteiger partial charge < -0.3 is 15.5 Å². The first-order chi connectivity index (χ1) is 7.69. The molecule has 0 aliphatic heterocycles. The topological polar surface area (TPSA) is 69.6 Å². The molecule has 0 bridgehead atoms. The van der Waals surface area contributed by atoms with Gasteiger partial charge in [0.15, 0.2) is 6.10 Å². The van der Waals surface area contributed by atoms with E-state index in [4.69, 9.17) is 5.11 Å². The molecule has 0 aliphatic carbocycles. The highest BCUT2D eigenvalue weighted by Crippen LogP contribution is 2.12. The van der Waals surface area contributed by atoms with Crippen molar-refractivity contribution in [2.45, 2.75) is 25.5 Å². The lowest BCUT2D eigenvalue weighted by Gasteiger charge is -2.17. The van der Waals surface area contributed by atoms with Crippen molar-refractivity contribution in [3.8, 4) is 0 Å². The molecule has 3 N–H and O–H groups in total. The van der Waals surface area contributed by atoms with Crippen LogP contribution in [0.25, 0.3) is 0 Å². The van der Waals surface area contributed by atoms with Crippen molar-refractivity contribution in [3.63, 3.8) is 0 Å². The van der Waals surface area contributed by atoms with Gasteiger partial charge in [0.2, 0.25) is 0 Å². The number of nitrogens with one attached hydrogen (secondary N) is 1. The molecule has 0 radical (unpaired) electrons. The van der Waals surface area contributed by atoms with Gasteiger partial charge >= 0.3 is 0 Å². The van der Waals surface area contributed by atoms with Gasteiger partial charge in [-0.2, -0.15) is 0 Å². The van der Waals surface area contributed by atoms with Crippen molar-refractivity contribution in [1.82, 2.24) is 5.32 Å². The predicted octanol–water partition coefficient (Wildman–Crippen LogP) is 0.607. The molecule has 0 spiro atoms. The monoisotopic (exact) mass is 223 g/mol. The Bertz CT molecular complexity index is 322. The summed E-state index contributed by atoms with van der Waals surface area (Å²) in [4.78, 5) is 11.6. The first kappa shape index (κ1) is 12.7. The Kier molecular flexibility index (Phi) is 4.95. The highest BCUT2D eigenvalue weighted by molar-refractivity contribution is 5.82. The number of rotatable bonds is 5. The van der Waals surface area contributed by atoms with E-state index in [9.17, 15) is 9.90 Å². The van der Waals surface area contributed by atoms with E-state index in [0.29, 0.717) is 12.0 Å². The Balaban J connectivity index is 2.61. The second kappa shape index (κ2) is 6.25. The van der Waals surface area contributed by atoms with E-state index in [1.807, 2.05) is 13.0 Å². The third kappa shape index (κ3) is 3.32. The van der Waals surface area contributed by atoms with E-state index in [2.05, 4.69) is 5.32 Å². The van der Waals surface area contributed by atoms with Gasteiger partial charge in [-0.05, 0) is 12.0 Å². The molecule has 1 aromatic rings. The summed E-state index contributed by atoms with van der Waals surface area (Å²) in [5.41, 5.74) is 0.549. The van der Waals surface area contributed by atoms with Gasteiger partial charge in [0, 0.05) is 0 Å². The average Bonchev–Trinajstić information content (AvgIpc) is 2.35. The molecule has 16 heavy (non-hydrogen) atoms. The zero-order chi connectivity index (χ0) is 12.0. The molecule has 0 aromatic heterocycles.